The zero-order valence-electron chi connectivity index (χ0n) is 10.2. The molecule has 2 N–H and O–H groups in total. The standard InChI is InChI=1S/C12H23N3O/c1-10(11-9-13-5-6-14-11)12(16)15-7-3-2-4-8-15/h10-11,13-14H,2-9H2,1H3. The van der Waals surface area contributed by atoms with Crippen LogP contribution in [0.4, 0.5) is 0 Å². The van der Waals surface area contributed by atoms with Crippen LogP contribution in [0, 0.1) is 5.92 Å². The highest BCUT2D eigenvalue weighted by molar-refractivity contribution is 5.79. The summed E-state index contributed by atoms with van der Waals surface area (Å²) in [5.41, 5.74) is 0. The Hall–Kier alpha value is -0.610. The van der Waals surface area contributed by atoms with E-state index in [4.69, 9.17) is 0 Å². The summed E-state index contributed by atoms with van der Waals surface area (Å²) in [6, 6.07) is 0.308. The number of likely N-dealkylation sites (tertiary alicyclic amines) is 1. The third kappa shape index (κ3) is 2.74. The molecule has 0 radical (unpaired) electrons. The molecule has 1 amide bonds. The van der Waals surface area contributed by atoms with Crippen LogP contribution in [0.3, 0.4) is 0 Å². The molecule has 2 atom stereocenters. The molecule has 0 aliphatic carbocycles. The van der Waals surface area contributed by atoms with Crippen molar-refractivity contribution in [2.75, 3.05) is 32.7 Å². The van der Waals surface area contributed by atoms with E-state index in [9.17, 15) is 4.79 Å². The lowest BCUT2D eigenvalue weighted by Gasteiger charge is -2.34. The van der Waals surface area contributed by atoms with Crippen LogP contribution in [-0.2, 0) is 4.79 Å². The first kappa shape index (κ1) is 11.9. The predicted molar refractivity (Wildman–Crippen MR) is 64.3 cm³/mol. The fourth-order valence-electron chi connectivity index (χ4n) is 2.60. The minimum atomic E-state index is 0.103. The molecular weight excluding hydrogens is 202 g/mol. The Morgan fingerprint density at radius 3 is 2.62 bits per heavy atom. The van der Waals surface area contributed by atoms with Gasteiger partial charge in [0, 0.05) is 38.8 Å². The Morgan fingerprint density at radius 1 is 1.25 bits per heavy atom. The average molecular weight is 225 g/mol. The van der Waals surface area contributed by atoms with Crippen LogP contribution in [0.1, 0.15) is 26.2 Å². The first-order valence-corrected chi connectivity index (χ1v) is 6.52. The van der Waals surface area contributed by atoms with Crippen molar-refractivity contribution in [1.29, 1.82) is 0 Å². The fourth-order valence-corrected chi connectivity index (χ4v) is 2.60. The molecule has 0 spiro atoms. The number of piperidine rings is 1. The van der Waals surface area contributed by atoms with E-state index in [2.05, 4.69) is 17.6 Å². The van der Waals surface area contributed by atoms with Crippen LogP contribution in [0.15, 0.2) is 0 Å². The third-order valence-electron chi connectivity index (χ3n) is 3.73. The van der Waals surface area contributed by atoms with Crippen LogP contribution in [0.5, 0.6) is 0 Å². The molecular formula is C12H23N3O. The van der Waals surface area contributed by atoms with Gasteiger partial charge in [-0.25, -0.2) is 0 Å². The molecule has 0 bridgehead atoms. The van der Waals surface area contributed by atoms with Gasteiger partial charge in [-0.15, -0.1) is 0 Å². The van der Waals surface area contributed by atoms with Crippen LogP contribution in [0.25, 0.3) is 0 Å². The number of piperazine rings is 1. The molecule has 2 saturated heterocycles. The number of amides is 1. The van der Waals surface area contributed by atoms with Gasteiger partial charge in [-0.05, 0) is 19.3 Å². The van der Waals surface area contributed by atoms with E-state index >= 15 is 0 Å². The number of hydrogen-bond acceptors (Lipinski definition) is 3. The lowest BCUT2D eigenvalue weighted by Crippen LogP contribution is -2.55. The molecule has 2 aliphatic rings. The van der Waals surface area contributed by atoms with Gasteiger partial charge in [0.25, 0.3) is 0 Å². The molecule has 16 heavy (non-hydrogen) atoms. The Labute approximate surface area is 97.8 Å². The molecule has 2 heterocycles. The average Bonchev–Trinajstić information content (AvgIpc) is 2.39. The van der Waals surface area contributed by atoms with Gasteiger partial charge < -0.3 is 15.5 Å². The summed E-state index contributed by atoms with van der Waals surface area (Å²) in [7, 11) is 0. The quantitative estimate of drug-likeness (QED) is 0.705. The monoisotopic (exact) mass is 225 g/mol. The SMILES string of the molecule is CC(C(=O)N1CCCCC1)C1CNCCN1. The first-order valence-electron chi connectivity index (χ1n) is 6.52. The van der Waals surface area contributed by atoms with Crippen molar-refractivity contribution in [3.63, 3.8) is 0 Å². The number of rotatable bonds is 2. The smallest absolute Gasteiger partial charge is 0.227 e. The maximum Gasteiger partial charge on any atom is 0.227 e. The fraction of sp³-hybridized carbons (Fsp3) is 0.917. The summed E-state index contributed by atoms with van der Waals surface area (Å²) >= 11 is 0. The van der Waals surface area contributed by atoms with E-state index in [1.165, 1.54) is 19.3 Å². The largest absolute Gasteiger partial charge is 0.342 e. The van der Waals surface area contributed by atoms with Crippen molar-refractivity contribution in [1.82, 2.24) is 15.5 Å². The van der Waals surface area contributed by atoms with E-state index in [0.29, 0.717) is 11.9 Å². The van der Waals surface area contributed by atoms with Crippen molar-refractivity contribution in [2.45, 2.75) is 32.2 Å². The van der Waals surface area contributed by atoms with Crippen LogP contribution in [0.2, 0.25) is 0 Å². The third-order valence-corrected chi connectivity index (χ3v) is 3.73. The number of hydrogen-bond donors (Lipinski definition) is 2. The summed E-state index contributed by atoms with van der Waals surface area (Å²) in [6.07, 6.45) is 3.63. The van der Waals surface area contributed by atoms with Gasteiger partial charge in [0.05, 0.1) is 5.92 Å². The van der Waals surface area contributed by atoms with Crippen LogP contribution < -0.4 is 10.6 Å². The van der Waals surface area contributed by atoms with Crippen molar-refractivity contribution >= 4 is 5.91 Å². The number of nitrogens with zero attached hydrogens (tertiary/aromatic N) is 1. The molecule has 2 rings (SSSR count). The van der Waals surface area contributed by atoms with Crippen LogP contribution in [-0.4, -0.2) is 49.6 Å². The Morgan fingerprint density at radius 2 is 2.00 bits per heavy atom. The Balaban J connectivity index is 1.86. The van der Waals surface area contributed by atoms with Crippen molar-refractivity contribution in [3.8, 4) is 0 Å². The van der Waals surface area contributed by atoms with E-state index in [-0.39, 0.29) is 5.92 Å². The van der Waals surface area contributed by atoms with Gasteiger partial charge in [-0.3, -0.25) is 4.79 Å². The van der Waals surface area contributed by atoms with Gasteiger partial charge in [0.2, 0.25) is 5.91 Å². The minimum absolute atomic E-state index is 0.103. The zero-order valence-corrected chi connectivity index (χ0v) is 10.2. The molecule has 0 saturated carbocycles. The maximum absolute atomic E-state index is 12.3. The topological polar surface area (TPSA) is 44.4 Å². The number of carbonyl (C=O) groups is 1. The zero-order chi connectivity index (χ0) is 11.4. The second-order valence-corrected chi connectivity index (χ2v) is 4.94. The molecule has 0 aromatic heterocycles. The van der Waals surface area contributed by atoms with Crippen LogP contribution >= 0.6 is 0 Å². The Kier molecular flexibility index (Phi) is 4.18. The Bertz CT molecular complexity index is 232. The molecule has 0 aromatic rings. The lowest BCUT2D eigenvalue weighted by molar-refractivity contribution is -0.136. The maximum atomic E-state index is 12.3. The predicted octanol–water partition coefficient (Wildman–Crippen LogP) is 0.196. The number of nitrogens with one attached hydrogen (secondary N) is 2. The van der Waals surface area contributed by atoms with Gasteiger partial charge in [0.15, 0.2) is 0 Å². The first-order chi connectivity index (χ1) is 7.79. The van der Waals surface area contributed by atoms with E-state index < -0.39 is 0 Å². The van der Waals surface area contributed by atoms with Crippen molar-refractivity contribution in [2.24, 2.45) is 5.92 Å². The van der Waals surface area contributed by atoms with Gasteiger partial charge in [0.1, 0.15) is 0 Å². The normalized spacial score (nSPS) is 28.8. The summed E-state index contributed by atoms with van der Waals surface area (Å²) in [5, 5.41) is 6.77. The summed E-state index contributed by atoms with van der Waals surface area (Å²) in [5.74, 6) is 0.437. The molecule has 2 unspecified atom stereocenters. The second-order valence-electron chi connectivity index (χ2n) is 4.94. The molecule has 0 aromatic carbocycles. The highest BCUT2D eigenvalue weighted by Crippen LogP contribution is 2.14. The van der Waals surface area contributed by atoms with E-state index in [0.717, 1.165) is 32.7 Å². The summed E-state index contributed by atoms with van der Waals surface area (Å²) in [4.78, 5) is 14.3. The molecule has 4 nitrogen and oxygen atoms in total. The summed E-state index contributed by atoms with van der Waals surface area (Å²) in [6.45, 7) is 6.89. The highest BCUT2D eigenvalue weighted by atomic mass is 16.2. The molecule has 4 heteroatoms. The number of carbonyl (C=O) groups excluding carboxylic acids is 1. The van der Waals surface area contributed by atoms with Crippen molar-refractivity contribution in [3.05, 3.63) is 0 Å². The molecule has 92 valence electrons. The van der Waals surface area contributed by atoms with Gasteiger partial charge in [-0.2, -0.15) is 0 Å². The molecule has 2 fully saturated rings. The summed E-state index contributed by atoms with van der Waals surface area (Å²) < 4.78 is 0. The minimum Gasteiger partial charge on any atom is -0.342 e. The van der Waals surface area contributed by atoms with Crippen molar-refractivity contribution < 1.29 is 4.79 Å². The lowest BCUT2D eigenvalue weighted by atomic mass is 9.97. The van der Waals surface area contributed by atoms with Gasteiger partial charge >= 0.3 is 0 Å². The highest BCUT2D eigenvalue weighted by Gasteiger charge is 2.29. The van der Waals surface area contributed by atoms with Gasteiger partial charge in [-0.1, -0.05) is 6.92 Å². The van der Waals surface area contributed by atoms with E-state index in [1.807, 2.05) is 4.90 Å². The van der Waals surface area contributed by atoms with E-state index in [1.54, 1.807) is 0 Å². The second kappa shape index (κ2) is 5.64. The molecule has 2 aliphatic heterocycles.